The van der Waals surface area contributed by atoms with Gasteiger partial charge in [-0.05, 0) is 24.8 Å². The van der Waals surface area contributed by atoms with Crippen molar-refractivity contribution in [1.29, 1.82) is 0 Å². The molecule has 0 spiro atoms. The lowest BCUT2D eigenvalue weighted by Gasteiger charge is -2.36. The van der Waals surface area contributed by atoms with Gasteiger partial charge in [-0.25, -0.2) is 4.98 Å². The number of aryl methyl sites for hydroxylation is 1. The predicted octanol–water partition coefficient (Wildman–Crippen LogP) is 2.72. The van der Waals surface area contributed by atoms with E-state index in [1.54, 1.807) is 0 Å². The Balaban J connectivity index is 2.01. The Hall–Kier alpha value is -1.95. The Morgan fingerprint density at radius 3 is 2.79 bits per heavy atom. The van der Waals surface area contributed by atoms with Crippen LogP contribution >= 0.6 is 0 Å². The summed E-state index contributed by atoms with van der Waals surface area (Å²) in [6.45, 7) is 12.6. The molecule has 0 radical (unpaired) electrons. The smallest absolute Gasteiger partial charge is 0.259 e. The number of nitrogens with zero attached hydrogens (tertiary/aromatic N) is 3. The molecule has 3 heterocycles. The first-order valence-corrected chi connectivity index (χ1v) is 8.68. The molecule has 1 fully saturated rings. The first-order chi connectivity index (χ1) is 11.4. The normalized spacial score (nSPS) is 18.8. The van der Waals surface area contributed by atoms with E-state index in [0.717, 1.165) is 24.2 Å². The van der Waals surface area contributed by atoms with Crippen LogP contribution in [0.5, 0.6) is 0 Å². The minimum absolute atomic E-state index is 0.0442. The molecule has 1 aliphatic heterocycles. The number of carbonyl (C=O) groups excluding carboxylic acids is 1. The molecule has 130 valence electrons. The fraction of sp³-hybridized carbons (Fsp3) is 0.611. The first kappa shape index (κ1) is 16.9. The van der Waals surface area contributed by atoms with Gasteiger partial charge in [0, 0.05) is 31.4 Å². The summed E-state index contributed by atoms with van der Waals surface area (Å²) in [4.78, 5) is 19.7. The molecule has 24 heavy (non-hydrogen) atoms. The molecule has 1 N–H and O–H groups in total. The minimum atomic E-state index is 0.0442. The van der Waals surface area contributed by atoms with Gasteiger partial charge in [0.2, 0.25) is 0 Å². The standard InChI is InChI=1S/C18H26N4O2/c1-10(2)14-8-13(16-12(5)21-24-17(16)20-14)18(23)22-7-6-19-15(9-22)11(3)4/h8,10-11,15,19H,6-7,9H2,1-5H3/t15-/m1/s1. The molecule has 6 nitrogen and oxygen atoms in total. The van der Waals surface area contributed by atoms with Gasteiger partial charge in [0.15, 0.2) is 0 Å². The van der Waals surface area contributed by atoms with Crippen molar-refractivity contribution in [1.82, 2.24) is 20.4 Å². The zero-order valence-electron chi connectivity index (χ0n) is 15.1. The molecule has 0 aromatic carbocycles. The van der Waals surface area contributed by atoms with E-state index < -0.39 is 0 Å². The molecule has 0 aliphatic carbocycles. The van der Waals surface area contributed by atoms with Crippen LogP contribution in [-0.4, -0.2) is 46.6 Å². The van der Waals surface area contributed by atoms with E-state index >= 15 is 0 Å². The van der Waals surface area contributed by atoms with Crippen LogP contribution in [0.25, 0.3) is 11.1 Å². The van der Waals surface area contributed by atoms with Crippen molar-refractivity contribution in [3.05, 3.63) is 23.0 Å². The van der Waals surface area contributed by atoms with Crippen LogP contribution in [0.2, 0.25) is 0 Å². The molecule has 1 atom stereocenters. The number of aromatic nitrogens is 2. The third kappa shape index (κ3) is 3.02. The molecule has 1 saturated heterocycles. The van der Waals surface area contributed by atoms with E-state index in [2.05, 4.69) is 43.2 Å². The van der Waals surface area contributed by atoms with E-state index in [1.807, 2.05) is 17.9 Å². The zero-order chi connectivity index (χ0) is 17.4. The summed E-state index contributed by atoms with van der Waals surface area (Å²) in [7, 11) is 0. The van der Waals surface area contributed by atoms with Crippen molar-refractivity contribution in [2.45, 2.75) is 46.6 Å². The fourth-order valence-electron chi connectivity index (χ4n) is 3.16. The summed E-state index contributed by atoms with van der Waals surface area (Å²) in [6.07, 6.45) is 0. The molecular formula is C18H26N4O2. The second-order valence-electron chi connectivity index (χ2n) is 7.25. The number of rotatable bonds is 3. The van der Waals surface area contributed by atoms with Crippen molar-refractivity contribution in [2.75, 3.05) is 19.6 Å². The fourth-order valence-corrected chi connectivity index (χ4v) is 3.16. The van der Waals surface area contributed by atoms with Gasteiger partial charge in [0.25, 0.3) is 11.6 Å². The van der Waals surface area contributed by atoms with Gasteiger partial charge in [-0.3, -0.25) is 4.79 Å². The Kier molecular flexibility index (Phi) is 4.58. The van der Waals surface area contributed by atoms with Gasteiger partial charge in [0.1, 0.15) is 0 Å². The van der Waals surface area contributed by atoms with Crippen molar-refractivity contribution in [3.8, 4) is 0 Å². The van der Waals surface area contributed by atoms with Crippen molar-refractivity contribution in [3.63, 3.8) is 0 Å². The number of hydrogen-bond acceptors (Lipinski definition) is 5. The monoisotopic (exact) mass is 330 g/mol. The second kappa shape index (κ2) is 6.51. The summed E-state index contributed by atoms with van der Waals surface area (Å²) >= 11 is 0. The van der Waals surface area contributed by atoms with E-state index in [0.29, 0.717) is 35.5 Å². The van der Waals surface area contributed by atoms with Crippen LogP contribution in [0.15, 0.2) is 10.6 Å². The quantitative estimate of drug-likeness (QED) is 0.937. The highest BCUT2D eigenvalue weighted by Crippen LogP contribution is 2.26. The van der Waals surface area contributed by atoms with Crippen molar-refractivity contribution in [2.24, 2.45) is 5.92 Å². The third-order valence-corrected chi connectivity index (χ3v) is 4.76. The number of hydrogen-bond donors (Lipinski definition) is 1. The maximum absolute atomic E-state index is 13.2. The number of pyridine rings is 1. The molecule has 0 saturated carbocycles. The average Bonchev–Trinajstić information content (AvgIpc) is 2.94. The highest BCUT2D eigenvalue weighted by Gasteiger charge is 2.28. The summed E-state index contributed by atoms with van der Waals surface area (Å²) in [5.74, 6) is 0.752. The Bertz CT molecular complexity index is 751. The van der Waals surface area contributed by atoms with Gasteiger partial charge in [0.05, 0.1) is 16.6 Å². The molecule has 0 unspecified atom stereocenters. The molecule has 2 aromatic rings. The number of piperazine rings is 1. The summed E-state index contributed by atoms with van der Waals surface area (Å²) in [5.41, 5.74) is 2.69. The Morgan fingerprint density at radius 2 is 2.12 bits per heavy atom. The largest absolute Gasteiger partial charge is 0.336 e. The van der Waals surface area contributed by atoms with E-state index in [1.165, 1.54) is 0 Å². The number of fused-ring (bicyclic) bond motifs is 1. The topological polar surface area (TPSA) is 71.3 Å². The number of amides is 1. The first-order valence-electron chi connectivity index (χ1n) is 8.68. The predicted molar refractivity (Wildman–Crippen MR) is 93.2 cm³/mol. The van der Waals surface area contributed by atoms with Crippen LogP contribution in [0.4, 0.5) is 0 Å². The zero-order valence-corrected chi connectivity index (χ0v) is 15.1. The van der Waals surface area contributed by atoms with Crippen LogP contribution < -0.4 is 5.32 Å². The lowest BCUT2D eigenvalue weighted by molar-refractivity contribution is 0.0685. The van der Waals surface area contributed by atoms with Crippen LogP contribution in [0, 0.1) is 12.8 Å². The average molecular weight is 330 g/mol. The van der Waals surface area contributed by atoms with Gasteiger partial charge < -0.3 is 14.7 Å². The van der Waals surface area contributed by atoms with E-state index in [-0.39, 0.29) is 11.8 Å². The molecule has 1 aliphatic rings. The van der Waals surface area contributed by atoms with E-state index in [4.69, 9.17) is 4.52 Å². The lowest BCUT2D eigenvalue weighted by Crippen LogP contribution is -2.54. The van der Waals surface area contributed by atoms with Crippen molar-refractivity contribution >= 4 is 17.0 Å². The van der Waals surface area contributed by atoms with Crippen LogP contribution in [-0.2, 0) is 0 Å². The van der Waals surface area contributed by atoms with Crippen LogP contribution in [0.1, 0.15) is 55.4 Å². The van der Waals surface area contributed by atoms with Gasteiger partial charge in [-0.2, -0.15) is 0 Å². The molecule has 6 heteroatoms. The molecule has 3 rings (SSSR count). The maximum Gasteiger partial charge on any atom is 0.259 e. The minimum Gasteiger partial charge on any atom is -0.336 e. The number of nitrogens with one attached hydrogen (secondary N) is 1. The summed E-state index contributed by atoms with van der Waals surface area (Å²) < 4.78 is 5.33. The number of carbonyl (C=O) groups is 1. The molecular weight excluding hydrogens is 304 g/mol. The van der Waals surface area contributed by atoms with E-state index in [9.17, 15) is 4.79 Å². The van der Waals surface area contributed by atoms with Crippen molar-refractivity contribution < 1.29 is 9.32 Å². The highest BCUT2D eigenvalue weighted by molar-refractivity contribution is 6.06. The maximum atomic E-state index is 13.2. The van der Waals surface area contributed by atoms with Gasteiger partial charge >= 0.3 is 0 Å². The highest BCUT2D eigenvalue weighted by atomic mass is 16.5. The summed E-state index contributed by atoms with van der Waals surface area (Å²) in [5, 5.41) is 8.24. The second-order valence-corrected chi connectivity index (χ2v) is 7.25. The van der Waals surface area contributed by atoms with Crippen LogP contribution in [0.3, 0.4) is 0 Å². The SMILES string of the molecule is Cc1noc2nc(C(C)C)cc(C(=O)N3CCN[C@@H](C(C)C)C3)c12. The lowest BCUT2D eigenvalue weighted by atomic mass is 10.00. The molecule has 1 amide bonds. The van der Waals surface area contributed by atoms with Gasteiger partial charge in [-0.1, -0.05) is 32.9 Å². The van der Waals surface area contributed by atoms with Gasteiger partial charge in [-0.15, -0.1) is 0 Å². The Morgan fingerprint density at radius 1 is 1.38 bits per heavy atom. The third-order valence-electron chi connectivity index (χ3n) is 4.76. The summed E-state index contributed by atoms with van der Waals surface area (Å²) in [6, 6.07) is 2.24. The molecule has 0 bridgehead atoms. The Labute approximate surface area is 142 Å². The molecule has 2 aromatic heterocycles.